The first-order valence-corrected chi connectivity index (χ1v) is 7.44. The molecule has 0 atom stereocenters. The van der Waals surface area contributed by atoms with Gasteiger partial charge in [0, 0.05) is 17.3 Å². The van der Waals surface area contributed by atoms with Crippen LogP contribution in [0.1, 0.15) is 12.5 Å². The van der Waals surface area contributed by atoms with Gasteiger partial charge in [0.15, 0.2) is 0 Å². The standard InChI is InChI=1S/C12H16N4O3S/c1-3-8-7-14-15-12(8)16-20(17,18)11-5-4-9(13)6-10(11)19-2/h4-7H,3,13H2,1-2H3,(H2,14,15,16). The third-order valence-corrected chi connectivity index (χ3v) is 4.20. The quantitative estimate of drug-likeness (QED) is 0.722. The summed E-state index contributed by atoms with van der Waals surface area (Å²) in [5, 5.41) is 6.45. The minimum Gasteiger partial charge on any atom is -0.495 e. The number of nitrogens with two attached hydrogens (primary N) is 1. The Hall–Kier alpha value is -2.22. The Bertz CT molecular complexity index is 709. The van der Waals surface area contributed by atoms with Crippen LogP contribution >= 0.6 is 0 Å². The van der Waals surface area contributed by atoms with Crippen molar-refractivity contribution in [1.29, 1.82) is 0 Å². The van der Waals surface area contributed by atoms with Gasteiger partial charge in [-0.2, -0.15) is 5.10 Å². The molecule has 0 radical (unpaired) electrons. The topological polar surface area (TPSA) is 110 Å². The number of benzene rings is 1. The van der Waals surface area contributed by atoms with Crippen molar-refractivity contribution in [2.24, 2.45) is 0 Å². The summed E-state index contributed by atoms with van der Waals surface area (Å²) in [6.07, 6.45) is 2.24. The molecule has 7 nitrogen and oxygen atoms in total. The van der Waals surface area contributed by atoms with Crippen LogP contribution in [0.2, 0.25) is 0 Å². The van der Waals surface area contributed by atoms with E-state index in [0.29, 0.717) is 17.9 Å². The summed E-state index contributed by atoms with van der Waals surface area (Å²) in [6, 6.07) is 4.37. The van der Waals surface area contributed by atoms with Gasteiger partial charge in [0.1, 0.15) is 16.5 Å². The predicted octanol–water partition coefficient (Wildman–Crippen LogP) is 1.36. The predicted molar refractivity (Wildman–Crippen MR) is 76.2 cm³/mol. The minimum atomic E-state index is -3.78. The zero-order valence-electron chi connectivity index (χ0n) is 11.2. The van der Waals surface area contributed by atoms with Gasteiger partial charge in [-0.1, -0.05) is 6.92 Å². The van der Waals surface area contributed by atoms with Crippen molar-refractivity contribution in [3.8, 4) is 5.75 Å². The number of H-pyrrole nitrogens is 1. The highest BCUT2D eigenvalue weighted by atomic mass is 32.2. The van der Waals surface area contributed by atoms with Gasteiger partial charge >= 0.3 is 0 Å². The summed E-state index contributed by atoms with van der Waals surface area (Å²) in [5.41, 5.74) is 6.82. The summed E-state index contributed by atoms with van der Waals surface area (Å²) in [5.74, 6) is 0.543. The highest BCUT2D eigenvalue weighted by Gasteiger charge is 2.21. The number of hydrogen-bond donors (Lipinski definition) is 3. The van der Waals surface area contributed by atoms with E-state index >= 15 is 0 Å². The van der Waals surface area contributed by atoms with E-state index < -0.39 is 10.0 Å². The summed E-state index contributed by atoms with van der Waals surface area (Å²) < 4.78 is 32.3. The van der Waals surface area contributed by atoms with Crippen LogP contribution in [-0.4, -0.2) is 25.7 Å². The van der Waals surface area contributed by atoms with E-state index in [4.69, 9.17) is 10.5 Å². The van der Waals surface area contributed by atoms with Gasteiger partial charge in [0.05, 0.1) is 13.3 Å². The number of nitrogens with zero attached hydrogens (tertiary/aromatic N) is 1. The normalized spacial score (nSPS) is 11.3. The highest BCUT2D eigenvalue weighted by molar-refractivity contribution is 7.92. The molecule has 0 aliphatic carbocycles. The van der Waals surface area contributed by atoms with Crippen LogP contribution in [-0.2, 0) is 16.4 Å². The maximum atomic E-state index is 12.4. The number of aromatic amines is 1. The molecule has 8 heteroatoms. The maximum Gasteiger partial charge on any atom is 0.266 e. The first kappa shape index (κ1) is 14.2. The first-order valence-electron chi connectivity index (χ1n) is 5.96. The van der Waals surface area contributed by atoms with Crippen LogP contribution in [0.25, 0.3) is 0 Å². The third-order valence-electron chi connectivity index (χ3n) is 2.81. The van der Waals surface area contributed by atoms with Crippen LogP contribution < -0.4 is 15.2 Å². The Morgan fingerprint density at radius 1 is 1.45 bits per heavy atom. The molecular formula is C12H16N4O3S. The lowest BCUT2D eigenvalue weighted by molar-refractivity contribution is 0.403. The molecule has 0 fully saturated rings. The number of methoxy groups -OCH3 is 1. The molecule has 1 aromatic carbocycles. The molecule has 0 bridgehead atoms. The van der Waals surface area contributed by atoms with Gasteiger partial charge < -0.3 is 10.5 Å². The van der Waals surface area contributed by atoms with Crippen molar-refractivity contribution >= 4 is 21.5 Å². The Morgan fingerprint density at radius 2 is 2.20 bits per heavy atom. The molecule has 108 valence electrons. The number of ether oxygens (including phenoxy) is 1. The van der Waals surface area contributed by atoms with E-state index in [1.165, 1.54) is 25.3 Å². The van der Waals surface area contributed by atoms with Crippen molar-refractivity contribution in [2.75, 3.05) is 17.6 Å². The molecule has 0 aliphatic rings. The molecule has 20 heavy (non-hydrogen) atoms. The maximum absolute atomic E-state index is 12.4. The van der Waals surface area contributed by atoms with Crippen LogP contribution in [0, 0.1) is 0 Å². The molecule has 0 saturated carbocycles. The summed E-state index contributed by atoms with van der Waals surface area (Å²) in [6.45, 7) is 1.91. The number of sulfonamides is 1. The summed E-state index contributed by atoms with van der Waals surface area (Å²) >= 11 is 0. The van der Waals surface area contributed by atoms with Crippen molar-refractivity contribution in [3.63, 3.8) is 0 Å². The van der Waals surface area contributed by atoms with Crippen molar-refractivity contribution in [1.82, 2.24) is 10.2 Å². The number of hydrogen-bond acceptors (Lipinski definition) is 5. The zero-order valence-corrected chi connectivity index (χ0v) is 12.0. The van der Waals surface area contributed by atoms with E-state index in [9.17, 15) is 8.42 Å². The molecule has 1 aromatic heterocycles. The fourth-order valence-corrected chi connectivity index (χ4v) is 2.97. The van der Waals surface area contributed by atoms with Crippen molar-refractivity contribution in [3.05, 3.63) is 30.0 Å². The molecule has 2 rings (SSSR count). The summed E-state index contributed by atoms with van der Waals surface area (Å²) in [4.78, 5) is 0.0193. The number of aromatic nitrogens is 2. The second kappa shape index (κ2) is 5.41. The highest BCUT2D eigenvalue weighted by Crippen LogP contribution is 2.28. The number of rotatable bonds is 5. The second-order valence-electron chi connectivity index (χ2n) is 4.14. The zero-order chi connectivity index (χ0) is 14.8. The lowest BCUT2D eigenvalue weighted by atomic mass is 10.3. The molecule has 0 spiro atoms. The third kappa shape index (κ3) is 2.69. The van der Waals surface area contributed by atoms with E-state index in [-0.39, 0.29) is 10.6 Å². The molecule has 0 aliphatic heterocycles. The number of aryl methyl sites for hydroxylation is 1. The van der Waals surface area contributed by atoms with E-state index in [0.717, 1.165) is 5.56 Å². The molecule has 1 heterocycles. The summed E-state index contributed by atoms with van der Waals surface area (Å²) in [7, 11) is -2.39. The van der Waals surface area contributed by atoms with Gasteiger partial charge in [-0.25, -0.2) is 8.42 Å². The van der Waals surface area contributed by atoms with Gasteiger partial charge in [-0.15, -0.1) is 0 Å². The van der Waals surface area contributed by atoms with Crippen LogP contribution in [0.5, 0.6) is 5.75 Å². The van der Waals surface area contributed by atoms with Crippen LogP contribution in [0.4, 0.5) is 11.5 Å². The lowest BCUT2D eigenvalue weighted by Crippen LogP contribution is -2.15. The fourth-order valence-electron chi connectivity index (χ4n) is 1.76. The van der Waals surface area contributed by atoms with Crippen LogP contribution in [0.3, 0.4) is 0 Å². The van der Waals surface area contributed by atoms with E-state index in [2.05, 4.69) is 14.9 Å². The Balaban J connectivity index is 2.41. The molecule has 0 unspecified atom stereocenters. The molecule has 2 aromatic rings. The van der Waals surface area contributed by atoms with Crippen molar-refractivity contribution in [2.45, 2.75) is 18.2 Å². The average molecular weight is 296 g/mol. The Labute approximate surface area is 117 Å². The molecular weight excluding hydrogens is 280 g/mol. The smallest absolute Gasteiger partial charge is 0.266 e. The molecule has 0 saturated heterocycles. The second-order valence-corrected chi connectivity index (χ2v) is 5.79. The van der Waals surface area contributed by atoms with Gasteiger partial charge in [0.2, 0.25) is 0 Å². The molecule has 0 amide bonds. The minimum absolute atomic E-state index is 0.0193. The fraction of sp³-hybridized carbons (Fsp3) is 0.250. The Kier molecular flexibility index (Phi) is 3.84. The number of nitrogen functional groups attached to an aromatic ring is 1. The Morgan fingerprint density at radius 3 is 2.85 bits per heavy atom. The van der Waals surface area contributed by atoms with E-state index in [1.807, 2.05) is 6.92 Å². The van der Waals surface area contributed by atoms with Gasteiger partial charge in [-0.3, -0.25) is 9.82 Å². The SMILES string of the molecule is CCc1cn[nH]c1NS(=O)(=O)c1ccc(N)cc1OC. The van der Waals surface area contributed by atoms with Gasteiger partial charge in [0.25, 0.3) is 10.0 Å². The van der Waals surface area contributed by atoms with Crippen LogP contribution in [0.15, 0.2) is 29.3 Å². The molecule has 4 N–H and O–H groups in total. The largest absolute Gasteiger partial charge is 0.495 e. The number of anilines is 2. The van der Waals surface area contributed by atoms with Gasteiger partial charge in [-0.05, 0) is 18.6 Å². The van der Waals surface area contributed by atoms with E-state index in [1.54, 1.807) is 6.20 Å². The lowest BCUT2D eigenvalue weighted by Gasteiger charge is -2.11. The first-order chi connectivity index (χ1) is 9.47. The van der Waals surface area contributed by atoms with Crippen molar-refractivity contribution < 1.29 is 13.2 Å². The number of nitrogens with one attached hydrogen (secondary N) is 2. The average Bonchev–Trinajstić information content (AvgIpc) is 2.84. The monoisotopic (exact) mass is 296 g/mol.